The molecule has 0 heterocycles. The average molecular weight is 238 g/mol. The normalized spacial score (nSPS) is 10.8. The fraction of sp³-hybridized carbons (Fsp3) is 0.308. The van der Waals surface area contributed by atoms with E-state index in [1.54, 1.807) is 23.1 Å². The van der Waals surface area contributed by atoms with E-state index in [-0.39, 0.29) is 5.91 Å². The minimum Gasteiger partial charge on any atom is -0.307 e. The van der Waals surface area contributed by atoms with Crippen molar-refractivity contribution in [2.45, 2.75) is 20.8 Å². The number of amides is 1. The predicted octanol–water partition coefficient (Wildman–Crippen LogP) is 3.58. The third kappa shape index (κ3) is 2.64. The van der Waals surface area contributed by atoms with Gasteiger partial charge in [0, 0.05) is 6.54 Å². The lowest BCUT2D eigenvalue weighted by Crippen LogP contribution is -2.29. The third-order valence-corrected chi connectivity index (χ3v) is 2.65. The molecule has 0 atom stereocenters. The van der Waals surface area contributed by atoms with Crippen molar-refractivity contribution in [2.24, 2.45) is 0 Å². The minimum atomic E-state index is -0.0406. The highest BCUT2D eigenvalue weighted by atomic mass is 35.5. The number of para-hydroxylation sites is 1. The van der Waals surface area contributed by atoms with Gasteiger partial charge in [-0.15, -0.1) is 0 Å². The number of likely N-dealkylation sites (N-methyl/N-ethyl adjacent to an activating group) is 1. The number of hydrogen-bond donors (Lipinski definition) is 0. The van der Waals surface area contributed by atoms with E-state index < -0.39 is 0 Å². The number of nitrogens with zero attached hydrogens (tertiary/aromatic N) is 1. The molecule has 2 nitrogen and oxygen atoms in total. The van der Waals surface area contributed by atoms with Crippen molar-refractivity contribution in [3.63, 3.8) is 0 Å². The van der Waals surface area contributed by atoms with Crippen LogP contribution < -0.4 is 4.90 Å². The van der Waals surface area contributed by atoms with Gasteiger partial charge in [0.25, 0.3) is 5.91 Å². The lowest BCUT2D eigenvalue weighted by Gasteiger charge is -2.22. The van der Waals surface area contributed by atoms with E-state index >= 15 is 0 Å². The van der Waals surface area contributed by atoms with Gasteiger partial charge in [0.05, 0.1) is 10.7 Å². The van der Waals surface area contributed by atoms with E-state index in [0.717, 1.165) is 11.3 Å². The van der Waals surface area contributed by atoms with Crippen LogP contribution >= 0.6 is 11.6 Å². The van der Waals surface area contributed by atoms with Crippen LogP contribution in [0.3, 0.4) is 0 Å². The molecule has 0 N–H and O–H groups in total. The molecular formula is C13H16ClNO. The SMILES string of the molecule is C/C=C/C(=O)N(CC)c1c(C)cccc1Cl. The number of carbonyl (C=O) groups is 1. The van der Waals surface area contributed by atoms with Crippen LogP contribution in [0.15, 0.2) is 30.4 Å². The number of hydrogen-bond acceptors (Lipinski definition) is 1. The van der Waals surface area contributed by atoms with E-state index in [0.29, 0.717) is 11.6 Å². The number of benzene rings is 1. The van der Waals surface area contributed by atoms with E-state index in [1.165, 1.54) is 0 Å². The van der Waals surface area contributed by atoms with Crippen molar-refractivity contribution in [1.82, 2.24) is 0 Å². The van der Waals surface area contributed by atoms with Crippen LogP contribution in [0.5, 0.6) is 0 Å². The number of rotatable bonds is 3. The molecule has 0 unspecified atom stereocenters. The van der Waals surface area contributed by atoms with Crippen molar-refractivity contribution < 1.29 is 4.79 Å². The van der Waals surface area contributed by atoms with Gasteiger partial charge in [-0.25, -0.2) is 0 Å². The molecule has 0 aromatic heterocycles. The predicted molar refractivity (Wildman–Crippen MR) is 69.0 cm³/mol. The summed E-state index contributed by atoms with van der Waals surface area (Å²) in [6.07, 6.45) is 3.28. The van der Waals surface area contributed by atoms with Crippen molar-refractivity contribution in [3.8, 4) is 0 Å². The second-order valence-corrected chi connectivity index (χ2v) is 3.90. The highest BCUT2D eigenvalue weighted by Crippen LogP contribution is 2.29. The Morgan fingerprint density at radius 1 is 1.50 bits per heavy atom. The zero-order valence-electron chi connectivity index (χ0n) is 9.83. The quantitative estimate of drug-likeness (QED) is 0.736. The molecule has 3 heteroatoms. The van der Waals surface area contributed by atoms with Gasteiger partial charge >= 0.3 is 0 Å². The van der Waals surface area contributed by atoms with E-state index in [4.69, 9.17) is 11.6 Å². The van der Waals surface area contributed by atoms with Gasteiger partial charge in [-0.3, -0.25) is 4.79 Å². The Balaban J connectivity index is 3.18. The van der Waals surface area contributed by atoms with Gasteiger partial charge < -0.3 is 4.90 Å². The van der Waals surface area contributed by atoms with E-state index in [9.17, 15) is 4.79 Å². The molecule has 16 heavy (non-hydrogen) atoms. The first-order chi connectivity index (χ1) is 7.61. The zero-order valence-corrected chi connectivity index (χ0v) is 10.6. The lowest BCUT2D eigenvalue weighted by atomic mass is 10.1. The van der Waals surface area contributed by atoms with Gasteiger partial charge in [0.2, 0.25) is 0 Å². The molecule has 0 aliphatic rings. The Morgan fingerprint density at radius 2 is 2.19 bits per heavy atom. The summed E-state index contributed by atoms with van der Waals surface area (Å²) in [7, 11) is 0. The van der Waals surface area contributed by atoms with Gasteiger partial charge in [-0.1, -0.05) is 29.8 Å². The summed E-state index contributed by atoms with van der Waals surface area (Å²) in [5.74, 6) is -0.0406. The Hall–Kier alpha value is -1.28. The Labute approximate surface area is 102 Å². The van der Waals surface area contributed by atoms with Crippen LogP contribution in [0.2, 0.25) is 5.02 Å². The zero-order chi connectivity index (χ0) is 12.1. The van der Waals surface area contributed by atoms with Crippen molar-refractivity contribution >= 4 is 23.2 Å². The van der Waals surface area contributed by atoms with Crippen molar-refractivity contribution in [2.75, 3.05) is 11.4 Å². The minimum absolute atomic E-state index is 0.0406. The Morgan fingerprint density at radius 3 is 2.69 bits per heavy atom. The number of carbonyl (C=O) groups excluding carboxylic acids is 1. The van der Waals surface area contributed by atoms with Crippen LogP contribution in [-0.2, 0) is 4.79 Å². The molecule has 0 fully saturated rings. The van der Waals surface area contributed by atoms with Crippen LogP contribution in [-0.4, -0.2) is 12.5 Å². The maximum atomic E-state index is 11.9. The molecule has 0 bridgehead atoms. The highest BCUT2D eigenvalue weighted by Gasteiger charge is 2.15. The first-order valence-electron chi connectivity index (χ1n) is 5.31. The molecule has 0 aliphatic carbocycles. The maximum Gasteiger partial charge on any atom is 0.250 e. The summed E-state index contributed by atoms with van der Waals surface area (Å²) < 4.78 is 0. The van der Waals surface area contributed by atoms with Gasteiger partial charge in [-0.2, -0.15) is 0 Å². The highest BCUT2D eigenvalue weighted by molar-refractivity contribution is 6.34. The summed E-state index contributed by atoms with van der Waals surface area (Å²) >= 11 is 6.13. The maximum absolute atomic E-state index is 11.9. The largest absolute Gasteiger partial charge is 0.307 e. The molecular weight excluding hydrogens is 222 g/mol. The van der Waals surface area contributed by atoms with E-state index in [1.807, 2.05) is 32.9 Å². The molecule has 0 saturated carbocycles. The van der Waals surface area contributed by atoms with Crippen molar-refractivity contribution in [1.29, 1.82) is 0 Å². The molecule has 1 aromatic rings. The summed E-state index contributed by atoms with van der Waals surface area (Å²) in [5.41, 5.74) is 1.81. The van der Waals surface area contributed by atoms with Crippen LogP contribution in [0.4, 0.5) is 5.69 Å². The summed E-state index contributed by atoms with van der Waals surface area (Å²) in [4.78, 5) is 13.5. The first kappa shape index (κ1) is 12.8. The molecule has 0 radical (unpaired) electrons. The number of halogens is 1. The molecule has 0 saturated heterocycles. The summed E-state index contributed by atoms with van der Waals surface area (Å²) in [6, 6.07) is 5.64. The van der Waals surface area contributed by atoms with Crippen LogP contribution in [0, 0.1) is 6.92 Å². The smallest absolute Gasteiger partial charge is 0.250 e. The Bertz CT molecular complexity index is 392. The van der Waals surface area contributed by atoms with Crippen LogP contribution in [0.25, 0.3) is 0 Å². The van der Waals surface area contributed by atoms with E-state index in [2.05, 4.69) is 0 Å². The topological polar surface area (TPSA) is 20.3 Å². The second kappa shape index (κ2) is 5.71. The number of aryl methyl sites for hydroxylation is 1. The molecule has 1 amide bonds. The van der Waals surface area contributed by atoms with Crippen molar-refractivity contribution in [3.05, 3.63) is 40.9 Å². The fourth-order valence-corrected chi connectivity index (χ4v) is 1.95. The second-order valence-electron chi connectivity index (χ2n) is 3.49. The lowest BCUT2D eigenvalue weighted by molar-refractivity contribution is -0.114. The summed E-state index contributed by atoms with van der Waals surface area (Å²) in [5, 5.41) is 0.611. The Kier molecular flexibility index (Phi) is 4.56. The third-order valence-electron chi connectivity index (χ3n) is 2.35. The van der Waals surface area contributed by atoms with Gasteiger partial charge in [0.1, 0.15) is 0 Å². The summed E-state index contributed by atoms with van der Waals surface area (Å²) in [6.45, 7) is 6.32. The van der Waals surface area contributed by atoms with Gasteiger partial charge in [-0.05, 0) is 38.5 Å². The van der Waals surface area contributed by atoms with Gasteiger partial charge in [0.15, 0.2) is 0 Å². The number of allylic oxidation sites excluding steroid dienone is 1. The van der Waals surface area contributed by atoms with Crippen LogP contribution in [0.1, 0.15) is 19.4 Å². The molecule has 0 aliphatic heterocycles. The molecule has 1 aromatic carbocycles. The number of anilines is 1. The molecule has 0 spiro atoms. The molecule has 1 rings (SSSR count). The fourth-order valence-electron chi connectivity index (χ4n) is 1.62. The monoisotopic (exact) mass is 237 g/mol. The average Bonchev–Trinajstić information content (AvgIpc) is 2.24. The molecule has 86 valence electrons. The standard InChI is InChI=1S/C13H16ClNO/c1-4-7-12(16)15(5-2)13-10(3)8-6-9-11(13)14/h4,6-9H,5H2,1-3H3/b7-4+. The first-order valence-corrected chi connectivity index (χ1v) is 5.68.